The first-order valence-corrected chi connectivity index (χ1v) is 12.3. The third-order valence-corrected chi connectivity index (χ3v) is 11.3. The first-order chi connectivity index (χ1) is 15.2. The molecule has 8 heteroatoms. The fourth-order valence-electron chi connectivity index (χ4n) is 10.8. The Labute approximate surface area is 189 Å². The summed E-state index contributed by atoms with van der Waals surface area (Å²) in [6.45, 7) is 3.98. The second kappa shape index (κ2) is 6.66. The van der Waals surface area contributed by atoms with Crippen molar-refractivity contribution in [2.24, 2.45) is 34.5 Å². The van der Waals surface area contributed by atoms with E-state index in [0.717, 1.165) is 13.0 Å². The van der Waals surface area contributed by atoms with Gasteiger partial charge in [-0.1, -0.05) is 6.92 Å². The van der Waals surface area contributed by atoms with E-state index in [9.17, 15) is 20.4 Å². The second-order valence-corrected chi connectivity index (χ2v) is 11.7. The Bertz CT molecular complexity index is 798. The Kier molecular flexibility index (Phi) is 4.62. The van der Waals surface area contributed by atoms with Crippen LogP contribution in [0.25, 0.3) is 0 Å². The molecule has 6 aliphatic rings. The number of nitrogens with zero attached hydrogens (tertiary/aromatic N) is 1. The summed E-state index contributed by atoms with van der Waals surface area (Å²) in [5, 5.41) is 48.2. The van der Waals surface area contributed by atoms with Gasteiger partial charge in [0.2, 0.25) is 0 Å². The van der Waals surface area contributed by atoms with Gasteiger partial charge in [-0.15, -0.1) is 0 Å². The average molecular weight is 454 g/mol. The number of hydrogen-bond donors (Lipinski definition) is 4. The summed E-state index contributed by atoms with van der Waals surface area (Å²) in [6, 6.07) is -0.442. The number of rotatable bonds is 5. The molecule has 5 saturated carbocycles. The maximum absolute atomic E-state index is 12.8. The van der Waals surface area contributed by atoms with Gasteiger partial charge in [0, 0.05) is 62.9 Å². The Morgan fingerprint density at radius 2 is 1.88 bits per heavy atom. The number of aliphatic hydroxyl groups excluding tert-OH is 3. The molecule has 5 aliphatic carbocycles. The van der Waals surface area contributed by atoms with Crippen LogP contribution in [-0.2, 0) is 14.2 Å². The first kappa shape index (κ1) is 22.2. The van der Waals surface area contributed by atoms with Crippen molar-refractivity contribution in [1.29, 1.82) is 0 Å². The van der Waals surface area contributed by atoms with Crippen molar-refractivity contribution in [1.82, 2.24) is 4.90 Å². The molecule has 13 unspecified atom stereocenters. The van der Waals surface area contributed by atoms with E-state index < -0.39 is 41.0 Å². The SMILES string of the molecule is CCN1CC2(COC)CCC(O)C34C5CC6C(OC)CC(OC)(C5C6O)C(O)(C(O)C23)C14. The largest absolute Gasteiger partial charge is 0.392 e. The molecule has 1 heterocycles. The highest BCUT2D eigenvalue weighted by Gasteiger charge is 2.91. The molecular weight excluding hydrogens is 414 g/mol. The average Bonchev–Trinajstić information content (AvgIpc) is 3.12. The van der Waals surface area contributed by atoms with Gasteiger partial charge < -0.3 is 34.6 Å². The van der Waals surface area contributed by atoms with Gasteiger partial charge >= 0.3 is 0 Å². The molecule has 6 fully saturated rings. The number of aliphatic hydroxyl groups is 4. The van der Waals surface area contributed by atoms with Crippen LogP contribution in [0.4, 0.5) is 0 Å². The third-order valence-electron chi connectivity index (χ3n) is 11.3. The zero-order valence-corrected chi connectivity index (χ0v) is 19.6. The van der Waals surface area contributed by atoms with Crippen molar-refractivity contribution in [2.45, 2.75) is 74.3 Å². The summed E-state index contributed by atoms with van der Waals surface area (Å²) in [5.74, 6) is -0.800. The van der Waals surface area contributed by atoms with E-state index in [1.54, 1.807) is 21.3 Å². The van der Waals surface area contributed by atoms with Crippen molar-refractivity contribution in [2.75, 3.05) is 41.0 Å². The lowest BCUT2D eigenvalue weighted by molar-refractivity contribution is -0.323. The van der Waals surface area contributed by atoms with Gasteiger partial charge in [0.15, 0.2) is 0 Å². The Morgan fingerprint density at radius 1 is 1.12 bits per heavy atom. The first-order valence-electron chi connectivity index (χ1n) is 12.3. The number of hydrogen-bond acceptors (Lipinski definition) is 8. The fourth-order valence-corrected chi connectivity index (χ4v) is 10.8. The molecule has 13 atom stereocenters. The van der Waals surface area contributed by atoms with Crippen LogP contribution in [0.3, 0.4) is 0 Å². The quantitative estimate of drug-likeness (QED) is 0.446. The number of piperidine rings is 1. The maximum Gasteiger partial charge on any atom is 0.136 e. The molecule has 0 radical (unpaired) electrons. The smallest absolute Gasteiger partial charge is 0.136 e. The van der Waals surface area contributed by atoms with Crippen molar-refractivity contribution < 1.29 is 34.6 Å². The van der Waals surface area contributed by atoms with Gasteiger partial charge in [-0.05, 0) is 31.7 Å². The zero-order chi connectivity index (χ0) is 22.8. The van der Waals surface area contributed by atoms with Crippen molar-refractivity contribution >= 4 is 0 Å². The summed E-state index contributed by atoms with van der Waals surface area (Å²) in [6.07, 6.45) is -0.201. The third kappa shape index (κ3) is 1.96. The minimum atomic E-state index is -1.63. The van der Waals surface area contributed by atoms with Gasteiger partial charge in [-0.3, -0.25) is 4.90 Å². The lowest BCUT2D eigenvalue weighted by atomic mass is 9.42. The molecule has 182 valence electrons. The molecular formula is C24H39NO7. The monoisotopic (exact) mass is 453 g/mol. The van der Waals surface area contributed by atoms with Gasteiger partial charge in [0.25, 0.3) is 0 Å². The van der Waals surface area contributed by atoms with E-state index >= 15 is 0 Å². The van der Waals surface area contributed by atoms with Crippen LogP contribution >= 0.6 is 0 Å². The topological polar surface area (TPSA) is 112 Å². The van der Waals surface area contributed by atoms with Gasteiger partial charge in [0.05, 0.1) is 37.1 Å². The Balaban J connectivity index is 1.67. The van der Waals surface area contributed by atoms with Gasteiger partial charge in [-0.25, -0.2) is 0 Å². The standard InChI is InChI=1S/C24H39NO7/c1-5-25-10-21(11-30-2)7-6-15(26)23-13-8-12-14(31-3)9-22(32-4,16(13)17(12)27)24(29,20(23)25)19(28)18(21)23/h12-20,26-29H,5-11H2,1-4H3. The van der Waals surface area contributed by atoms with Crippen LogP contribution in [0.15, 0.2) is 0 Å². The number of methoxy groups -OCH3 is 3. The summed E-state index contributed by atoms with van der Waals surface area (Å²) >= 11 is 0. The number of ether oxygens (including phenoxy) is 3. The van der Waals surface area contributed by atoms with Gasteiger partial charge in [-0.2, -0.15) is 0 Å². The molecule has 0 aromatic heterocycles. The molecule has 32 heavy (non-hydrogen) atoms. The van der Waals surface area contributed by atoms with E-state index in [4.69, 9.17) is 14.2 Å². The van der Waals surface area contributed by atoms with Crippen LogP contribution in [0.2, 0.25) is 0 Å². The van der Waals surface area contributed by atoms with Crippen molar-refractivity contribution in [3.63, 3.8) is 0 Å². The van der Waals surface area contributed by atoms with Crippen LogP contribution in [-0.4, -0.2) is 108 Å². The maximum atomic E-state index is 12.8. The fraction of sp³-hybridized carbons (Fsp3) is 1.00. The molecule has 1 spiro atoms. The van der Waals surface area contributed by atoms with Crippen LogP contribution in [0.5, 0.6) is 0 Å². The summed E-state index contributed by atoms with van der Waals surface area (Å²) in [5.41, 5.74) is -3.85. The normalized spacial score (nSPS) is 62.4. The van der Waals surface area contributed by atoms with E-state index in [1.807, 2.05) is 0 Å². The lowest BCUT2D eigenvalue weighted by Gasteiger charge is -2.70. The van der Waals surface area contributed by atoms with Crippen LogP contribution in [0.1, 0.15) is 32.6 Å². The summed E-state index contributed by atoms with van der Waals surface area (Å²) < 4.78 is 17.8. The second-order valence-electron chi connectivity index (χ2n) is 11.7. The molecule has 1 saturated heterocycles. The number of likely N-dealkylation sites (N-methyl/N-ethyl adjacent to an activating group) is 1. The van der Waals surface area contributed by atoms with Crippen LogP contribution in [0, 0.1) is 34.5 Å². The molecule has 8 nitrogen and oxygen atoms in total. The van der Waals surface area contributed by atoms with Crippen LogP contribution < -0.4 is 0 Å². The van der Waals surface area contributed by atoms with Gasteiger partial charge in [0.1, 0.15) is 11.2 Å². The molecule has 0 aromatic rings. The summed E-state index contributed by atoms with van der Waals surface area (Å²) in [4.78, 5) is 2.28. The van der Waals surface area contributed by atoms with E-state index in [-0.39, 0.29) is 35.2 Å². The molecule has 0 amide bonds. The molecule has 0 aromatic carbocycles. The zero-order valence-electron chi connectivity index (χ0n) is 19.6. The van der Waals surface area contributed by atoms with E-state index in [1.165, 1.54) is 0 Å². The predicted molar refractivity (Wildman–Crippen MR) is 114 cm³/mol. The molecule has 6 rings (SSSR count). The highest BCUT2D eigenvalue weighted by atomic mass is 16.5. The Hall–Kier alpha value is -0.320. The summed E-state index contributed by atoms with van der Waals surface area (Å²) in [7, 11) is 4.95. The highest BCUT2D eigenvalue weighted by molar-refractivity contribution is 5.41. The molecule has 7 bridgehead atoms. The molecule has 1 aliphatic heterocycles. The molecule has 4 N–H and O–H groups in total. The Morgan fingerprint density at radius 3 is 2.50 bits per heavy atom. The minimum Gasteiger partial charge on any atom is -0.392 e. The van der Waals surface area contributed by atoms with Crippen molar-refractivity contribution in [3.05, 3.63) is 0 Å². The van der Waals surface area contributed by atoms with E-state index in [2.05, 4.69) is 11.8 Å². The predicted octanol–water partition coefficient (Wildman–Crippen LogP) is -0.383. The number of likely N-dealkylation sites (tertiary alicyclic amines) is 1. The minimum absolute atomic E-state index is 0.0607. The van der Waals surface area contributed by atoms with E-state index in [0.29, 0.717) is 32.4 Å². The van der Waals surface area contributed by atoms with Crippen molar-refractivity contribution in [3.8, 4) is 0 Å². The lowest BCUT2D eigenvalue weighted by Crippen LogP contribution is -2.82. The highest BCUT2D eigenvalue weighted by Crippen LogP contribution is 2.80. The number of fused-ring (bicyclic) bond motifs is 2.